The van der Waals surface area contributed by atoms with Crippen molar-refractivity contribution in [2.75, 3.05) is 32.2 Å². The van der Waals surface area contributed by atoms with Crippen molar-refractivity contribution < 1.29 is 9.53 Å². The predicted octanol–water partition coefficient (Wildman–Crippen LogP) is 2.28. The number of halogens is 1. The van der Waals surface area contributed by atoms with Gasteiger partial charge >= 0.3 is 0 Å². The molecule has 0 aliphatic carbocycles. The summed E-state index contributed by atoms with van der Waals surface area (Å²) in [7, 11) is 0. The monoisotopic (exact) mass is 247 g/mol. The molecule has 1 aliphatic heterocycles. The van der Waals surface area contributed by atoms with E-state index in [1.807, 2.05) is 4.90 Å². The van der Waals surface area contributed by atoms with E-state index < -0.39 is 0 Å². The van der Waals surface area contributed by atoms with Gasteiger partial charge in [0.15, 0.2) is 0 Å². The van der Waals surface area contributed by atoms with Crippen LogP contribution in [0.2, 0.25) is 0 Å². The van der Waals surface area contributed by atoms with Crippen molar-refractivity contribution in [3.05, 3.63) is 0 Å². The molecule has 0 N–H and O–H groups in total. The first-order valence-corrected chi connectivity index (χ1v) is 6.50. The number of alkyl halides is 1. The Kier molecular flexibility index (Phi) is 5.56. The standard InChI is InChI=1S/C12H22ClNO2/c1-12(2)4-3-11(15)14(7-5-12)8-10-16-9-6-13/h3-10H2,1-2H3. The second-order valence-electron chi connectivity index (χ2n) is 5.10. The van der Waals surface area contributed by atoms with Gasteiger partial charge in [0.1, 0.15) is 0 Å². The molecule has 1 saturated heterocycles. The Morgan fingerprint density at radius 3 is 2.81 bits per heavy atom. The highest BCUT2D eigenvalue weighted by Gasteiger charge is 2.26. The van der Waals surface area contributed by atoms with Crippen LogP contribution in [0.1, 0.15) is 33.1 Å². The van der Waals surface area contributed by atoms with Crippen LogP contribution in [0.25, 0.3) is 0 Å². The van der Waals surface area contributed by atoms with Gasteiger partial charge in [-0.2, -0.15) is 0 Å². The number of carbonyl (C=O) groups excluding carboxylic acids is 1. The summed E-state index contributed by atoms with van der Waals surface area (Å²) in [6.45, 7) is 7.18. The number of hydrogen-bond acceptors (Lipinski definition) is 2. The first kappa shape index (κ1) is 13.8. The molecule has 1 rings (SSSR count). The van der Waals surface area contributed by atoms with Gasteiger partial charge in [0.25, 0.3) is 0 Å². The SMILES string of the molecule is CC1(C)CCC(=O)N(CCOCCCl)CC1. The predicted molar refractivity (Wildman–Crippen MR) is 65.8 cm³/mol. The fourth-order valence-corrected chi connectivity index (χ4v) is 1.97. The van der Waals surface area contributed by atoms with Crippen LogP contribution in [0.5, 0.6) is 0 Å². The molecule has 1 aliphatic rings. The van der Waals surface area contributed by atoms with Crippen LogP contribution in [-0.2, 0) is 9.53 Å². The Labute approximate surface area is 103 Å². The third-order valence-corrected chi connectivity index (χ3v) is 3.31. The normalized spacial score (nSPS) is 20.9. The number of nitrogens with zero attached hydrogens (tertiary/aromatic N) is 1. The lowest BCUT2D eigenvalue weighted by molar-refractivity contribution is -0.131. The van der Waals surface area contributed by atoms with Gasteiger partial charge in [-0.15, -0.1) is 11.6 Å². The molecule has 4 heteroatoms. The summed E-state index contributed by atoms with van der Waals surface area (Å²) < 4.78 is 5.30. The Morgan fingerprint density at radius 2 is 2.12 bits per heavy atom. The number of hydrogen-bond donors (Lipinski definition) is 0. The zero-order valence-corrected chi connectivity index (χ0v) is 11.1. The molecule has 0 radical (unpaired) electrons. The third-order valence-electron chi connectivity index (χ3n) is 3.15. The maximum atomic E-state index is 11.8. The average Bonchev–Trinajstić information content (AvgIpc) is 2.36. The Bertz CT molecular complexity index is 231. The minimum atomic E-state index is 0.264. The van der Waals surface area contributed by atoms with E-state index in [9.17, 15) is 4.79 Å². The van der Waals surface area contributed by atoms with Crippen molar-refractivity contribution in [3.63, 3.8) is 0 Å². The molecular weight excluding hydrogens is 226 g/mol. The molecule has 0 saturated carbocycles. The lowest BCUT2D eigenvalue weighted by atomic mass is 9.85. The number of likely N-dealkylation sites (tertiary alicyclic amines) is 1. The van der Waals surface area contributed by atoms with Crippen LogP contribution >= 0.6 is 11.6 Å². The molecule has 0 aromatic rings. The Morgan fingerprint density at radius 1 is 1.38 bits per heavy atom. The van der Waals surface area contributed by atoms with Gasteiger partial charge < -0.3 is 9.64 Å². The lowest BCUT2D eigenvalue weighted by Gasteiger charge is -2.23. The van der Waals surface area contributed by atoms with Crippen LogP contribution in [0.3, 0.4) is 0 Å². The third kappa shape index (κ3) is 4.71. The summed E-state index contributed by atoms with van der Waals surface area (Å²) in [6.07, 6.45) is 2.74. The topological polar surface area (TPSA) is 29.5 Å². The highest BCUT2D eigenvalue weighted by Crippen LogP contribution is 2.30. The molecule has 0 bridgehead atoms. The van der Waals surface area contributed by atoms with Crippen molar-refractivity contribution in [1.82, 2.24) is 4.90 Å². The van der Waals surface area contributed by atoms with E-state index >= 15 is 0 Å². The van der Waals surface area contributed by atoms with Crippen molar-refractivity contribution in [1.29, 1.82) is 0 Å². The van der Waals surface area contributed by atoms with E-state index in [0.717, 1.165) is 19.4 Å². The van der Waals surface area contributed by atoms with E-state index in [0.29, 0.717) is 37.5 Å². The highest BCUT2D eigenvalue weighted by molar-refractivity contribution is 6.17. The molecule has 0 unspecified atom stereocenters. The van der Waals surface area contributed by atoms with Crippen LogP contribution in [0, 0.1) is 5.41 Å². The smallest absolute Gasteiger partial charge is 0.222 e. The maximum Gasteiger partial charge on any atom is 0.222 e. The van der Waals surface area contributed by atoms with E-state index in [4.69, 9.17) is 16.3 Å². The summed E-state index contributed by atoms with van der Waals surface area (Å²) in [5.74, 6) is 0.779. The molecule has 1 fully saturated rings. The van der Waals surface area contributed by atoms with Gasteiger partial charge in [-0.1, -0.05) is 13.8 Å². The minimum absolute atomic E-state index is 0.264. The number of amides is 1. The van der Waals surface area contributed by atoms with Crippen molar-refractivity contribution in [3.8, 4) is 0 Å². The van der Waals surface area contributed by atoms with Crippen LogP contribution in [0.4, 0.5) is 0 Å². The highest BCUT2D eigenvalue weighted by atomic mass is 35.5. The van der Waals surface area contributed by atoms with E-state index in [1.54, 1.807) is 0 Å². The molecule has 16 heavy (non-hydrogen) atoms. The van der Waals surface area contributed by atoms with Crippen molar-refractivity contribution in [2.45, 2.75) is 33.1 Å². The van der Waals surface area contributed by atoms with Gasteiger partial charge in [0, 0.05) is 25.4 Å². The van der Waals surface area contributed by atoms with Gasteiger partial charge in [0.2, 0.25) is 5.91 Å². The summed E-state index contributed by atoms with van der Waals surface area (Å²) in [5, 5.41) is 0. The second-order valence-corrected chi connectivity index (χ2v) is 5.47. The summed E-state index contributed by atoms with van der Waals surface area (Å²) >= 11 is 5.51. The number of carbonyl (C=O) groups is 1. The van der Waals surface area contributed by atoms with E-state index in [1.165, 1.54) is 0 Å². The summed E-state index contributed by atoms with van der Waals surface area (Å²) in [5.41, 5.74) is 0.293. The largest absolute Gasteiger partial charge is 0.378 e. The second kappa shape index (κ2) is 6.45. The first-order valence-electron chi connectivity index (χ1n) is 5.97. The van der Waals surface area contributed by atoms with Gasteiger partial charge in [-0.25, -0.2) is 0 Å². The lowest BCUT2D eigenvalue weighted by Crippen LogP contribution is -2.33. The van der Waals surface area contributed by atoms with E-state index in [-0.39, 0.29) is 5.91 Å². The molecule has 1 amide bonds. The molecular formula is C12H22ClNO2. The fourth-order valence-electron chi connectivity index (χ4n) is 1.86. The molecule has 3 nitrogen and oxygen atoms in total. The van der Waals surface area contributed by atoms with Crippen molar-refractivity contribution >= 4 is 17.5 Å². The minimum Gasteiger partial charge on any atom is -0.378 e. The first-order chi connectivity index (χ1) is 7.55. The number of rotatable bonds is 5. The van der Waals surface area contributed by atoms with Gasteiger partial charge in [-0.05, 0) is 18.3 Å². The quantitative estimate of drug-likeness (QED) is 0.551. The maximum absolute atomic E-state index is 11.8. The molecule has 94 valence electrons. The molecule has 0 spiro atoms. The zero-order chi connectivity index (χ0) is 12.0. The van der Waals surface area contributed by atoms with Gasteiger partial charge in [0.05, 0.1) is 13.2 Å². The summed E-state index contributed by atoms with van der Waals surface area (Å²) in [6, 6.07) is 0. The van der Waals surface area contributed by atoms with E-state index in [2.05, 4.69) is 13.8 Å². The van der Waals surface area contributed by atoms with Crippen LogP contribution in [-0.4, -0.2) is 43.0 Å². The van der Waals surface area contributed by atoms with Crippen LogP contribution < -0.4 is 0 Å². The molecule has 0 aromatic carbocycles. The fraction of sp³-hybridized carbons (Fsp3) is 0.917. The Balaban J connectivity index is 2.32. The zero-order valence-electron chi connectivity index (χ0n) is 10.3. The number of ether oxygens (including phenoxy) is 1. The van der Waals surface area contributed by atoms with Gasteiger partial charge in [-0.3, -0.25) is 4.79 Å². The van der Waals surface area contributed by atoms with Crippen LogP contribution in [0.15, 0.2) is 0 Å². The average molecular weight is 248 g/mol. The molecule has 0 aromatic heterocycles. The molecule has 1 heterocycles. The molecule has 0 atom stereocenters. The summed E-state index contributed by atoms with van der Waals surface area (Å²) in [4.78, 5) is 13.7. The van der Waals surface area contributed by atoms with Crippen molar-refractivity contribution in [2.24, 2.45) is 5.41 Å². The Hall–Kier alpha value is -0.280.